The molecule has 66 valence electrons. The van der Waals surface area contributed by atoms with Gasteiger partial charge in [-0.25, -0.2) is 0 Å². The SMILES string of the molecule is CCC1(c2[nH]ncc2N)CCC1. The lowest BCUT2D eigenvalue weighted by Crippen LogP contribution is -2.34. The number of nitrogens with two attached hydrogens (primary N) is 1. The minimum Gasteiger partial charge on any atom is -0.396 e. The van der Waals surface area contributed by atoms with Gasteiger partial charge in [0.15, 0.2) is 0 Å². The number of rotatable bonds is 2. The molecule has 0 radical (unpaired) electrons. The molecular weight excluding hydrogens is 150 g/mol. The molecule has 3 heteroatoms. The molecule has 0 aromatic carbocycles. The summed E-state index contributed by atoms with van der Waals surface area (Å²) in [6.45, 7) is 2.22. The van der Waals surface area contributed by atoms with Crippen LogP contribution in [0.5, 0.6) is 0 Å². The number of nitrogens with one attached hydrogen (secondary N) is 1. The maximum Gasteiger partial charge on any atom is 0.0736 e. The summed E-state index contributed by atoms with van der Waals surface area (Å²) in [5.74, 6) is 0. The van der Waals surface area contributed by atoms with Crippen LogP contribution in [0, 0.1) is 0 Å². The zero-order chi connectivity index (χ0) is 8.60. The van der Waals surface area contributed by atoms with E-state index in [1.807, 2.05) is 0 Å². The Hall–Kier alpha value is -0.990. The molecule has 0 saturated heterocycles. The summed E-state index contributed by atoms with van der Waals surface area (Å²) >= 11 is 0. The number of H-pyrrole nitrogens is 1. The van der Waals surface area contributed by atoms with Gasteiger partial charge in [-0.2, -0.15) is 5.10 Å². The highest BCUT2D eigenvalue weighted by Gasteiger charge is 2.39. The molecular formula is C9H15N3. The number of nitrogens with zero attached hydrogens (tertiary/aromatic N) is 1. The van der Waals surface area contributed by atoms with E-state index in [4.69, 9.17) is 5.73 Å². The third-order valence-electron chi connectivity index (χ3n) is 3.19. The van der Waals surface area contributed by atoms with Gasteiger partial charge in [0.25, 0.3) is 0 Å². The van der Waals surface area contributed by atoms with Gasteiger partial charge in [0.05, 0.1) is 17.6 Å². The predicted molar refractivity (Wildman–Crippen MR) is 48.8 cm³/mol. The average molecular weight is 165 g/mol. The van der Waals surface area contributed by atoms with E-state index in [9.17, 15) is 0 Å². The van der Waals surface area contributed by atoms with Crippen LogP contribution < -0.4 is 5.73 Å². The number of hydrogen-bond acceptors (Lipinski definition) is 2. The molecule has 12 heavy (non-hydrogen) atoms. The fourth-order valence-electron chi connectivity index (χ4n) is 2.10. The zero-order valence-electron chi connectivity index (χ0n) is 7.43. The molecule has 1 aliphatic carbocycles. The summed E-state index contributed by atoms with van der Waals surface area (Å²) < 4.78 is 0. The largest absolute Gasteiger partial charge is 0.396 e. The Balaban J connectivity index is 2.33. The summed E-state index contributed by atoms with van der Waals surface area (Å²) in [7, 11) is 0. The third-order valence-corrected chi connectivity index (χ3v) is 3.19. The van der Waals surface area contributed by atoms with E-state index in [0.717, 1.165) is 11.4 Å². The molecule has 0 amide bonds. The lowest BCUT2D eigenvalue weighted by molar-refractivity contribution is 0.228. The lowest BCUT2D eigenvalue weighted by Gasteiger charge is -2.40. The summed E-state index contributed by atoms with van der Waals surface area (Å²) in [5, 5.41) is 6.99. The maximum atomic E-state index is 5.82. The van der Waals surface area contributed by atoms with Gasteiger partial charge in [0, 0.05) is 5.41 Å². The molecule has 0 atom stereocenters. The van der Waals surface area contributed by atoms with Gasteiger partial charge >= 0.3 is 0 Å². The molecule has 1 aromatic heterocycles. The van der Waals surface area contributed by atoms with E-state index in [2.05, 4.69) is 17.1 Å². The Morgan fingerprint density at radius 2 is 2.42 bits per heavy atom. The van der Waals surface area contributed by atoms with Gasteiger partial charge in [-0.05, 0) is 19.3 Å². The number of aromatic nitrogens is 2. The minimum absolute atomic E-state index is 0.334. The van der Waals surface area contributed by atoms with Crippen molar-refractivity contribution >= 4 is 5.69 Å². The average Bonchev–Trinajstić information content (AvgIpc) is 2.36. The normalized spacial score (nSPS) is 20.4. The van der Waals surface area contributed by atoms with Crippen LogP contribution in [0.1, 0.15) is 38.3 Å². The first-order chi connectivity index (χ1) is 5.78. The van der Waals surface area contributed by atoms with Crippen molar-refractivity contribution in [1.82, 2.24) is 10.2 Å². The first-order valence-electron chi connectivity index (χ1n) is 4.58. The number of hydrogen-bond donors (Lipinski definition) is 2. The predicted octanol–water partition coefficient (Wildman–Crippen LogP) is 1.82. The van der Waals surface area contributed by atoms with Gasteiger partial charge in [0.2, 0.25) is 0 Å². The molecule has 2 rings (SSSR count). The van der Waals surface area contributed by atoms with Crippen molar-refractivity contribution in [3.8, 4) is 0 Å². The molecule has 1 aromatic rings. The van der Waals surface area contributed by atoms with E-state index in [-0.39, 0.29) is 0 Å². The van der Waals surface area contributed by atoms with Crippen molar-refractivity contribution in [2.75, 3.05) is 5.73 Å². The van der Waals surface area contributed by atoms with Crippen LogP contribution in [0.3, 0.4) is 0 Å². The van der Waals surface area contributed by atoms with Crippen LogP contribution in [0.15, 0.2) is 6.20 Å². The monoisotopic (exact) mass is 165 g/mol. The first-order valence-corrected chi connectivity index (χ1v) is 4.58. The first kappa shape index (κ1) is 7.65. The van der Waals surface area contributed by atoms with Gasteiger partial charge in [-0.15, -0.1) is 0 Å². The van der Waals surface area contributed by atoms with Crippen molar-refractivity contribution in [1.29, 1.82) is 0 Å². The molecule has 1 saturated carbocycles. The summed E-state index contributed by atoms with van der Waals surface area (Å²) in [4.78, 5) is 0. The third kappa shape index (κ3) is 0.854. The smallest absolute Gasteiger partial charge is 0.0736 e. The van der Waals surface area contributed by atoms with E-state index < -0.39 is 0 Å². The molecule has 0 bridgehead atoms. The van der Waals surface area contributed by atoms with Crippen LogP contribution in [-0.2, 0) is 5.41 Å². The van der Waals surface area contributed by atoms with Gasteiger partial charge in [-0.1, -0.05) is 13.3 Å². The molecule has 0 unspecified atom stereocenters. The second kappa shape index (κ2) is 2.51. The van der Waals surface area contributed by atoms with Crippen LogP contribution in [-0.4, -0.2) is 10.2 Å². The van der Waals surface area contributed by atoms with Gasteiger partial charge in [0.1, 0.15) is 0 Å². The quantitative estimate of drug-likeness (QED) is 0.702. The molecule has 1 aliphatic rings. The number of anilines is 1. The Kier molecular flexibility index (Phi) is 1.60. The summed E-state index contributed by atoms with van der Waals surface area (Å²) in [6.07, 6.45) is 6.72. The Labute approximate surface area is 72.4 Å². The Morgan fingerprint density at radius 1 is 1.67 bits per heavy atom. The van der Waals surface area contributed by atoms with Crippen molar-refractivity contribution in [3.05, 3.63) is 11.9 Å². The van der Waals surface area contributed by atoms with E-state index in [0.29, 0.717) is 5.41 Å². The molecule has 1 fully saturated rings. The standard InChI is InChI=1S/C9H15N3/c1-2-9(4-3-5-9)8-7(10)6-11-12-8/h6H,2-5,10H2,1H3,(H,11,12). The molecule has 1 heterocycles. The number of aromatic amines is 1. The van der Waals surface area contributed by atoms with Gasteiger partial charge < -0.3 is 5.73 Å². The van der Waals surface area contributed by atoms with Crippen molar-refractivity contribution in [2.45, 2.75) is 38.0 Å². The lowest BCUT2D eigenvalue weighted by atomic mass is 9.65. The van der Waals surface area contributed by atoms with E-state index in [1.165, 1.54) is 25.7 Å². The maximum absolute atomic E-state index is 5.82. The zero-order valence-corrected chi connectivity index (χ0v) is 7.43. The van der Waals surface area contributed by atoms with E-state index >= 15 is 0 Å². The van der Waals surface area contributed by atoms with Crippen LogP contribution in [0.2, 0.25) is 0 Å². The Bertz CT molecular complexity index is 268. The Morgan fingerprint density at radius 3 is 2.75 bits per heavy atom. The molecule has 0 aliphatic heterocycles. The second-order valence-electron chi connectivity index (χ2n) is 3.69. The van der Waals surface area contributed by atoms with Crippen LogP contribution in [0.4, 0.5) is 5.69 Å². The molecule has 3 N–H and O–H groups in total. The molecule has 3 nitrogen and oxygen atoms in total. The van der Waals surface area contributed by atoms with E-state index in [1.54, 1.807) is 6.20 Å². The highest BCUT2D eigenvalue weighted by atomic mass is 15.1. The van der Waals surface area contributed by atoms with Crippen molar-refractivity contribution in [3.63, 3.8) is 0 Å². The fraction of sp³-hybridized carbons (Fsp3) is 0.667. The topological polar surface area (TPSA) is 54.7 Å². The molecule has 0 spiro atoms. The second-order valence-corrected chi connectivity index (χ2v) is 3.69. The summed E-state index contributed by atoms with van der Waals surface area (Å²) in [6, 6.07) is 0. The summed E-state index contributed by atoms with van der Waals surface area (Å²) in [5.41, 5.74) is 8.15. The van der Waals surface area contributed by atoms with Crippen LogP contribution in [0.25, 0.3) is 0 Å². The minimum atomic E-state index is 0.334. The highest BCUT2D eigenvalue weighted by Crippen LogP contribution is 2.47. The van der Waals surface area contributed by atoms with Crippen molar-refractivity contribution < 1.29 is 0 Å². The van der Waals surface area contributed by atoms with Crippen LogP contribution >= 0.6 is 0 Å². The highest BCUT2D eigenvalue weighted by molar-refractivity contribution is 5.45. The van der Waals surface area contributed by atoms with Gasteiger partial charge in [-0.3, -0.25) is 5.10 Å². The van der Waals surface area contributed by atoms with Crippen molar-refractivity contribution in [2.24, 2.45) is 0 Å². The fourth-order valence-corrected chi connectivity index (χ4v) is 2.10. The number of nitrogen functional groups attached to an aromatic ring is 1.